The first-order valence-electron chi connectivity index (χ1n) is 2.93. The third-order valence-electron chi connectivity index (χ3n) is 1.45. The van der Waals surface area contributed by atoms with Crippen molar-refractivity contribution in [2.75, 3.05) is 11.5 Å². The predicted molar refractivity (Wildman–Crippen MR) is 47.7 cm³/mol. The molecule has 0 aliphatic rings. The molecular formula is C7H9BrN2. The fraction of sp³-hybridized carbons (Fsp3) is 0.143. The number of nitrogens with two attached hydrogens (primary N) is 2. The van der Waals surface area contributed by atoms with E-state index in [2.05, 4.69) is 15.9 Å². The van der Waals surface area contributed by atoms with Crippen molar-refractivity contribution < 1.29 is 0 Å². The van der Waals surface area contributed by atoms with E-state index in [0.29, 0.717) is 11.4 Å². The molecule has 0 saturated heterocycles. The summed E-state index contributed by atoms with van der Waals surface area (Å²) in [7, 11) is 0. The Labute approximate surface area is 68.3 Å². The number of aryl methyl sites for hydroxylation is 1. The topological polar surface area (TPSA) is 52.0 Å². The Bertz CT molecular complexity index is 231. The molecule has 0 saturated carbocycles. The molecule has 0 aromatic heterocycles. The lowest BCUT2D eigenvalue weighted by Crippen LogP contribution is -1.97. The summed E-state index contributed by atoms with van der Waals surface area (Å²) in [5.41, 5.74) is 13.5. The first-order chi connectivity index (χ1) is 4.63. The maximum Gasteiger partial charge on any atom is 0.0694 e. The van der Waals surface area contributed by atoms with Gasteiger partial charge in [0.05, 0.1) is 11.4 Å². The molecule has 54 valence electrons. The van der Waals surface area contributed by atoms with Crippen LogP contribution in [0.3, 0.4) is 0 Å². The number of nitrogen functional groups attached to an aromatic ring is 2. The van der Waals surface area contributed by atoms with E-state index < -0.39 is 0 Å². The van der Waals surface area contributed by atoms with Crippen LogP contribution in [-0.4, -0.2) is 0 Å². The quantitative estimate of drug-likeness (QED) is 0.630. The van der Waals surface area contributed by atoms with Crippen molar-refractivity contribution >= 4 is 27.3 Å². The molecule has 0 heterocycles. The highest BCUT2D eigenvalue weighted by Crippen LogP contribution is 2.27. The van der Waals surface area contributed by atoms with Gasteiger partial charge in [0.25, 0.3) is 0 Å². The van der Waals surface area contributed by atoms with E-state index >= 15 is 0 Å². The highest BCUT2D eigenvalue weighted by atomic mass is 79.9. The van der Waals surface area contributed by atoms with Crippen LogP contribution in [0.2, 0.25) is 0 Å². The van der Waals surface area contributed by atoms with Gasteiger partial charge in [0, 0.05) is 4.47 Å². The van der Waals surface area contributed by atoms with Gasteiger partial charge in [0.15, 0.2) is 0 Å². The third kappa shape index (κ3) is 1.09. The summed E-state index contributed by atoms with van der Waals surface area (Å²) in [4.78, 5) is 0. The zero-order valence-electron chi connectivity index (χ0n) is 5.69. The van der Waals surface area contributed by atoms with Crippen molar-refractivity contribution in [3.8, 4) is 0 Å². The Kier molecular flexibility index (Phi) is 1.85. The monoisotopic (exact) mass is 200 g/mol. The minimum absolute atomic E-state index is 0.625. The average molecular weight is 201 g/mol. The highest BCUT2D eigenvalue weighted by Gasteiger charge is 2.00. The molecule has 0 atom stereocenters. The van der Waals surface area contributed by atoms with Crippen molar-refractivity contribution in [1.82, 2.24) is 0 Å². The number of halogens is 1. The zero-order chi connectivity index (χ0) is 7.72. The largest absolute Gasteiger partial charge is 0.397 e. The van der Waals surface area contributed by atoms with Crippen molar-refractivity contribution in [3.05, 3.63) is 22.2 Å². The maximum absolute atomic E-state index is 5.63. The number of hydrogen-bond acceptors (Lipinski definition) is 2. The van der Waals surface area contributed by atoms with Gasteiger partial charge >= 0.3 is 0 Å². The molecule has 0 amide bonds. The van der Waals surface area contributed by atoms with Gasteiger partial charge in [-0.15, -0.1) is 0 Å². The van der Waals surface area contributed by atoms with Gasteiger partial charge in [-0.05, 0) is 34.5 Å². The first kappa shape index (κ1) is 7.41. The van der Waals surface area contributed by atoms with Gasteiger partial charge in [-0.1, -0.05) is 6.07 Å². The SMILES string of the molecule is Cc1ccc(Br)c(N)c1N. The van der Waals surface area contributed by atoms with Crippen LogP contribution in [0.25, 0.3) is 0 Å². The highest BCUT2D eigenvalue weighted by molar-refractivity contribution is 9.10. The van der Waals surface area contributed by atoms with Crippen molar-refractivity contribution in [3.63, 3.8) is 0 Å². The van der Waals surface area contributed by atoms with Gasteiger partial charge < -0.3 is 11.5 Å². The van der Waals surface area contributed by atoms with Crippen molar-refractivity contribution in [2.24, 2.45) is 0 Å². The molecule has 0 unspecified atom stereocenters. The fourth-order valence-corrected chi connectivity index (χ4v) is 1.06. The van der Waals surface area contributed by atoms with Gasteiger partial charge in [-0.2, -0.15) is 0 Å². The third-order valence-corrected chi connectivity index (χ3v) is 2.14. The Balaban J connectivity index is 3.34. The van der Waals surface area contributed by atoms with E-state index in [-0.39, 0.29) is 0 Å². The van der Waals surface area contributed by atoms with Crippen molar-refractivity contribution in [1.29, 1.82) is 0 Å². The molecule has 0 aliphatic carbocycles. The van der Waals surface area contributed by atoms with E-state index in [0.717, 1.165) is 10.0 Å². The lowest BCUT2D eigenvalue weighted by atomic mass is 10.2. The lowest BCUT2D eigenvalue weighted by Gasteiger charge is -2.04. The molecule has 4 N–H and O–H groups in total. The Morgan fingerprint density at radius 3 is 2.30 bits per heavy atom. The minimum atomic E-state index is 0.625. The number of hydrogen-bond donors (Lipinski definition) is 2. The van der Waals surface area contributed by atoms with Crippen LogP contribution in [0.4, 0.5) is 11.4 Å². The predicted octanol–water partition coefficient (Wildman–Crippen LogP) is 1.92. The molecule has 0 aliphatic heterocycles. The molecular weight excluding hydrogens is 192 g/mol. The summed E-state index contributed by atoms with van der Waals surface area (Å²) in [6.45, 7) is 1.93. The van der Waals surface area contributed by atoms with Crippen LogP contribution >= 0.6 is 15.9 Å². The Morgan fingerprint density at radius 1 is 1.20 bits per heavy atom. The van der Waals surface area contributed by atoms with E-state index in [1.54, 1.807) is 0 Å². The Morgan fingerprint density at radius 2 is 1.80 bits per heavy atom. The second-order valence-electron chi connectivity index (χ2n) is 2.19. The van der Waals surface area contributed by atoms with Gasteiger partial charge in [-0.25, -0.2) is 0 Å². The molecule has 0 bridgehead atoms. The summed E-state index contributed by atoms with van der Waals surface area (Å²) < 4.78 is 0.857. The standard InChI is InChI=1S/C7H9BrN2/c1-4-2-3-5(8)7(10)6(4)9/h2-3H,9-10H2,1H3. The second-order valence-corrected chi connectivity index (χ2v) is 3.05. The summed E-state index contributed by atoms with van der Waals surface area (Å²) in [5, 5.41) is 0. The fourth-order valence-electron chi connectivity index (χ4n) is 0.719. The Hall–Kier alpha value is -0.700. The van der Waals surface area contributed by atoms with Crippen LogP contribution in [0, 0.1) is 6.92 Å². The number of benzene rings is 1. The molecule has 1 aromatic rings. The molecule has 0 fully saturated rings. The summed E-state index contributed by atoms with van der Waals surface area (Å²) in [6.07, 6.45) is 0. The molecule has 0 radical (unpaired) electrons. The van der Waals surface area contributed by atoms with Crippen LogP contribution in [0.1, 0.15) is 5.56 Å². The minimum Gasteiger partial charge on any atom is -0.397 e. The summed E-state index contributed by atoms with van der Waals surface area (Å²) in [6, 6.07) is 3.82. The normalized spacial score (nSPS) is 9.80. The zero-order valence-corrected chi connectivity index (χ0v) is 7.27. The maximum atomic E-state index is 5.63. The number of anilines is 2. The number of rotatable bonds is 0. The molecule has 2 nitrogen and oxygen atoms in total. The summed E-state index contributed by atoms with van der Waals surface area (Å²) in [5.74, 6) is 0. The summed E-state index contributed by atoms with van der Waals surface area (Å²) >= 11 is 3.28. The molecule has 3 heteroatoms. The smallest absolute Gasteiger partial charge is 0.0694 e. The second kappa shape index (κ2) is 2.50. The van der Waals surface area contributed by atoms with Gasteiger partial charge in [0.1, 0.15) is 0 Å². The van der Waals surface area contributed by atoms with Gasteiger partial charge in [0.2, 0.25) is 0 Å². The van der Waals surface area contributed by atoms with Crippen molar-refractivity contribution in [2.45, 2.75) is 6.92 Å². The van der Waals surface area contributed by atoms with E-state index in [4.69, 9.17) is 11.5 Å². The van der Waals surface area contributed by atoms with Crippen LogP contribution < -0.4 is 11.5 Å². The molecule has 0 spiro atoms. The van der Waals surface area contributed by atoms with E-state index in [1.165, 1.54) is 0 Å². The molecule has 10 heavy (non-hydrogen) atoms. The van der Waals surface area contributed by atoms with Crippen LogP contribution in [0.5, 0.6) is 0 Å². The van der Waals surface area contributed by atoms with Gasteiger partial charge in [-0.3, -0.25) is 0 Å². The van der Waals surface area contributed by atoms with E-state index in [9.17, 15) is 0 Å². The molecule has 1 aromatic carbocycles. The van der Waals surface area contributed by atoms with Crippen LogP contribution in [-0.2, 0) is 0 Å². The lowest BCUT2D eigenvalue weighted by molar-refractivity contribution is 1.46. The first-order valence-corrected chi connectivity index (χ1v) is 3.72. The van der Waals surface area contributed by atoms with E-state index in [1.807, 2.05) is 19.1 Å². The molecule has 1 rings (SSSR count). The average Bonchev–Trinajstić information content (AvgIpc) is 1.93. The van der Waals surface area contributed by atoms with Crippen LogP contribution in [0.15, 0.2) is 16.6 Å².